The van der Waals surface area contributed by atoms with Gasteiger partial charge in [0, 0.05) is 16.6 Å². The fraction of sp³-hybridized carbons (Fsp3) is 0.467. The van der Waals surface area contributed by atoms with Gasteiger partial charge in [0.25, 0.3) is 0 Å². The van der Waals surface area contributed by atoms with Crippen LogP contribution in [-0.2, 0) is 4.74 Å². The van der Waals surface area contributed by atoms with Crippen molar-refractivity contribution in [3.63, 3.8) is 0 Å². The summed E-state index contributed by atoms with van der Waals surface area (Å²) >= 11 is 5.33. The molecule has 6 nitrogen and oxygen atoms in total. The van der Waals surface area contributed by atoms with Crippen LogP contribution in [-0.4, -0.2) is 50.2 Å². The number of fused-ring (bicyclic) bond motifs is 1. The second-order valence-electron chi connectivity index (χ2n) is 5.64. The van der Waals surface area contributed by atoms with E-state index in [4.69, 9.17) is 17.0 Å². The molecule has 4 N–H and O–H groups in total. The van der Waals surface area contributed by atoms with E-state index in [1.807, 2.05) is 26.0 Å². The molecule has 0 radical (unpaired) electrons. The van der Waals surface area contributed by atoms with Gasteiger partial charge in [0.15, 0.2) is 0 Å². The molecule has 1 saturated heterocycles. The molecule has 2 aromatic heterocycles. The lowest BCUT2D eigenvalue weighted by Crippen LogP contribution is -2.32. The van der Waals surface area contributed by atoms with Crippen LogP contribution in [0.15, 0.2) is 12.1 Å². The molecule has 4 atom stereocenters. The van der Waals surface area contributed by atoms with E-state index in [9.17, 15) is 15.3 Å². The van der Waals surface area contributed by atoms with E-state index in [1.165, 1.54) is 0 Å². The van der Waals surface area contributed by atoms with Gasteiger partial charge in [-0.1, -0.05) is 12.2 Å². The Bertz CT molecular complexity index is 776. The van der Waals surface area contributed by atoms with Gasteiger partial charge in [-0.25, -0.2) is 4.98 Å². The normalized spacial score (nSPS) is 28.4. The Balaban J connectivity index is 2.10. The number of aliphatic hydroxyl groups excluding tert-OH is 3. The molecule has 2 aromatic rings. The minimum Gasteiger partial charge on any atom is -0.394 e. The lowest BCUT2D eigenvalue weighted by molar-refractivity contribution is -0.0229. The maximum Gasteiger partial charge on any atom is 0.138 e. The van der Waals surface area contributed by atoms with E-state index in [0.717, 1.165) is 16.6 Å². The number of rotatable bonds is 2. The van der Waals surface area contributed by atoms with Crippen LogP contribution in [0.1, 0.15) is 22.9 Å². The Morgan fingerprint density at radius 3 is 2.64 bits per heavy atom. The quantitative estimate of drug-likeness (QED) is 0.617. The van der Waals surface area contributed by atoms with Crippen molar-refractivity contribution >= 4 is 23.3 Å². The number of aliphatic hydroxyl groups is 3. The monoisotopic (exact) mass is 322 g/mol. The van der Waals surface area contributed by atoms with Crippen molar-refractivity contribution in [1.82, 2.24) is 9.97 Å². The van der Waals surface area contributed by atoms with E-state index in [2.05, 4.69) is 9.97 Å². The van der Waals surface area contributed by atoms with Gasteiger partial charge in [-0.15, -0.1) is 0 Å². The highest BCUT2D eigenvalue weighted by atomic mass is 32.1. The summed E-state index contributed by atoms with van der Waals surface area (Å²) < 4.78 is 5.95. The number of hydrogen-bond donors (Lipinski definition) is 4. The molecule has 0 aliphatic carbocycles. The first kappa shape index (κ1) is 15.5. The number of nitrogens with one attached hydrogen (secondary N) is 1. The smallest absolute Gasteiger partial charge is 0.138 e. The fourth-order valence-corrected chi connectivity index (χ4v) is 2.99. The molecule has 7 heteroatoms. The van der Waals surface area contributed by atoms with Gasteiger partial charge < -0.3 is 25.0 Å². The Morgan fingerprint density at radius 1 is 1.27 bits per heavy atom. The largest absolute Gasteiger partial charge is 0.394 e. The maximum absolute atomic E-state index is 10.1. The highest BCUT2D eigenvalue weighted by molar-refractivity contribution is 7.71. The van der Waals surface area contributed by atoms with Crippen LogP contribution in [0.2, 0.25) is 0 Å². The Kier molecular flexibility index (Phi) is 4.00. The molecule has 1 fully saturated rings. The topological polar surface area (TPSA) is 98.6 Å². The number of aromatic nitrogens is 2. The summed E-state index contributed by atoms with van der Waals surface area (Å²) in [6, 6.07) is 3.79. The van der Waals surface area contributed by atoms with Crippen molar-refractivity contribution in [2.45, 2.75) is 38.3 Å². The molecular weight excluding hydrogens is 304 g/mol. The molecule has 0 saturated carbocycles. The van der Waals surface area contributed by atoms with E-state index in [-0.39, 0.29) is 6.61 Å². The molecule has 2 unspecified atom stereocenters. The predicted octanol–water partition coefficient (Wildman–Crippen LogP) is 1.06. The van der Waals surface area contributed by atoms with Crippen LogP contribution < -0.4 is 0 Å². The van der Waals surface area contributed by atoms with Crippen LogP contribution in [0.25, 0.3) is 11.0 Å². The van der Waals surface area contributed by atoms with E-state index >= 15 is 0 Å². The molecule has 0 bridgehead atoms. The number of aryl methyl sites for hydroxylation is 2. The summed E-state index contributed by atoms with van der Waals surface area (Å²) in [5.41, 5.74) is 3.21. The first-order chi connectivity index (χ1) is 10.4. The molecular formula is C15H18N2O4S. The fourth-order valence-electron chi connectivity index (χ4n) is 2.72. The standard InChI is InChI=1S/C15H18N2O4S/c1-6-3-8-4-9(15(22)17-14(8)16-7(6)2)13-12(20)11(19)10(5-18)21-13/h3-4,10-13,18-20H,5H2,1-2H3,(H,16,17,22)/t10-,11?,12?,13+/m1/s1. The van der Waals surface area contributed by atoms with Gasteiger partial charge in [0.2, 0.25) is 0 Å². The predicted molar refractivity (Wildman–Crippen MR) is 83.1 cm³/mol. The number of H-pyrrole nitrogens is 1. The molecule has 118 valence electrons. The van der Waals surface area contributed by atoms with Crippen molar-refractivity contribution in [3.8, 4) is 0 Å². The van der Waals surface area contributed by atoms with E-state index in [1.54, 1.807) is 0 Å². The minimum absolute atomic E-state index is 0.362. The van der Waals surface area contributed by atoms with Gasteiger partial charge in [-0.3, -0.25) is 0 Å². The van der Waals surface area contributed by atoms with Crippen molar-refractivity contribution in [1.29, 1.82) is 0 Å². The molecule has 0 amide bonds. The summed E-state index contributed by atoms with van der Waals surface area (Å²) in [6.45, 7) is 3.53. The third-order valence-corrected chi connectivity index (χ3v) is 4.49. The summed E-state index contributed by atoms with van der Waals surface area (Å²) in [5, 5.41) is 30.1. The number of ether oxygens (including phenoxy) is 1. The number of aromatic amines is 1. The van der Waals surface area contributed by atoms with Gasteiger partial charge in [0.1, 0.15) is 34.7 Å². The van der Waals surface area contributed by atoms with Crippen molar-refractivity contribution < 1.29 is 20.1 Å². The number of hydrogen-bond acceptors (Lipinski definition) is 6. The van der Waals surface area contributed by atoms with Gasteiger partial charge in [-0.2, -0.15) is 0 Å². The third-order valence-electron chi connectivity index (χ3n) is 4.15. The first-order valence-corrected chi connectivity index (χ1v) is 7.47. The highest BCUT2D eigenvalue weighted by Crippen LogP contribution is 2.34. The molecule has 0 spiro atoms. The highest BCUT2D eigenvalue weighted by Gasteiger charge is 2.43. The van der Waals surface area contributed by atoms with Crippen molar-refractivity contribution in [3.05, 3.63) is 33.6 Å². The average Bonchev–Trinajstić information content (AvgIpc) is 2.76. The van der Waals surface area contributed by atoms with E-state index < -0.39 is 24.4 Å². The van der Waals surface area contributed by atoms with Gasteiger partial charge in [0.05, 0.1) is 6.61 Å². The third kappa shape index (κ3) is 2.45. The van der Waals surface area contributed by atoms with Crippen LogP contribution in [0.5, 0.6) is 0 Å². The summed E-state index contributed by atoms with van der Waals surface area (Å²) in [7, 11) is 0. The molecule has 3 rings (SSSR count). The number of nitrogens with zero attached hydrogens (tertiary/aromatic N) is 1. The zero-order valence-corrected chi connectivity index (χ0v) is 13.1. The van der Waals surface area contributed by atoms with Crippen molar-refractivity contribution in [2.75, 3.05) is 6.61 Å². The number of pyridine rings is 2. The first-order valence-electron chi connectivity index (χ1n) is 7.06. The van der Waals surface area contributed by atoms with E-state index in [0.29, 0.717) is 15.9 Å². The van der Waals surface area contributed by atoms with Crippen molar-refractivity contribution in [2.24, 2.45) is 0 Å². The molecule has 3 heterocycles. The average molecular weight is 322 g/mol. The van der Waals surface area contributed by atoms with Gasteiger partial charge >= 0.3 is 0 Å². The van der Waals surface area contributed by atoms with Crippen LogP contribution in [0.4, 0.5) is 0 Å². The Hall–Kier alpha value is -1.38. The van der Waals surface area contributed by atoms with Crippen LogP contribution in [0.3, 0.4) is 0 Å². The Labute approximate surface area is 132 Å². The van der Waals surface area contributed by atoms with Crippen LogP contribution >= 0.6 is 12.2 Å². The summed E-state index contributed by atoms with van der Waals surface area (Å²) in [5.74, 6) is 0. The zero-order chi connectivity index (χ0) is 16.0. The molecule has 0 aromatic carbocycles. The molecule has 1 aliphatic heterocycles. The zero-order valence-electron chi connectivity index (χ0n) is 12.3. The van der Waals surface area contributed by atoms with Gasteiger partial charge in [-0.05, 0) is 31.5 Å². The summed E-state index contributed by atoms with van der Waals surface area (Å²) in [4.78, 5) is 7.49. The second-order valence-corrected chi connectivity index (χ2v) is 6.05. The van der Waals surface area contributed by atoms with Crippen LogP contribution in [0, 0.1) is 18.5 Å². The lowest BCUT2D eigenvalue weighted by Gasteiger charge is -2.16. The second kappa shape index (κ2) is 5.68. The summed E-state index contributed by atoms with van der Waals surface area (Å²) in [6.07, 6.45) is -3.87. The minimum atomic E-state index is -1.14. The SMILES string of the molecule is Cc1cc2cc([C@@H]3O[C@H](CO)C(O)C3O)c(=S)[nH]c2nc1C. The maximum atomic E-state index is 10.1. The molecule has 22 heavy (non-hydrogen) atoms. The Morgan fingerprint density at radius 2 is 2.00 bits per heavy atom. The molecule has 1 aliphatic rings. The lowest BCUT2D eigenvalue weighted by atomic mass is 10.0.